The van der Waals surface area contributed by atoms with Crippen molar-refractivity contribution in [1.29, 1.82) is 0 Å². The lowest BCUT2D eigenvalue weighted by Crippen LogP contribution is -2.21. The van der Waals surface area contributed by atoms with Gasteiger partial charge >= 0.3 is 0 Å². The molecule has 1 unspecified atom stereocenters. The highest BCUT2D eigenvalue weighted by Crippen LogP contribution is 2.25. The van der Waals surface area contributed by atoms with Crippen LogP contribution in [0.3, 0.4) is 0 Å². The van der Waals surface area contributed by atoms with Crippen molar-refractivity contribution in [2.24, 2.45) is 0 Å². The summed E-state index contributed by atoms with van der Waals surface area (Å²) in [6, 6.07) is 14.1. The lowest BCUT2D eigenvalue weighted by atomic mass is 10.1. The van der Waals surface area contributed by atoms with Gasteiger partial charge in [0, 0.05) is 29.9 Å². The lowest BCUT2D eigenvalue weighted by Gasteiger charge is -2.13. The Labute approximate surface area is 133 Å². The van der Waals surface area contributed by atoms with E-state index in [1.165, 1.54) is 11.3 Å². The second kappa shape index (κ2) is 7.24. The van der Waals surface area contributed by atoms with Crippen LogP contribution in [-0.4, -0.2) is 29.3 Å². The molecule has 4 nitrogen and oxygen atoms in total. The summed E-state index contributed by atoms with van der Waals surface area (Å²) in [5, 5.41) is 18.1. The number of fused-ring (bicyclic) bond motifs is 1. The molecule has 0 amide bonds. The summed E-state index contributed by atoms with van der Waals surface area (Å²) in [5.41, 5.74) is 0. The zero-order chi connectivity index (χ0) is 15.2. The molecule has 1 aromatic heterocycles. The Morgan fingerprint density at radius 3 is 2.91 bits per heavy atom. The molecular formula is C17H18N2O2S. The average molecular weight is 314 g/mol. The van der Waals surface area contributed by atoms with E-state index in [1.807, 2.05) is 35.7 Å². The van der Waals surface area contributed by atoms with E-state index in [9.17, 15) is 5.11 Å². The molecule has 5 heteroatoms. The summed E-state index contributed by atoms with van der Waals surface area (Å²) in [5.74, 6) is 0.859. The van der Waals surface area contributed by atoms with Crippen molar-refractivity contribution in [2.45, 2.75) is 12.5 Å². The quantitative estimate of drug-likeness (QED) is 0.700. The van der Waals surface area contributed by atoms with Gasteiger partial charge in [0.2, 0.25) is 0 Å². The fourth-order valence-corrected chi connectivity index (χ4v) is 2.78. The molecule has 3 rings (SSSR count). The van der Waals surface area contributed by atoms with Crippen molar-refractivity contribution in [2.75, 3.05) is 18.5 Å². The number of benzene rings is 2. The van der Waals surface area contributed by atoms with Crippen LogP contribution in [0, 0.1) is 0 Å². The molecule has 0 aliphatic rings. The summed E-state index contributed by atoms with van der Waals surface area (Å²) in [6.07, 6.45) is 1.85. The third-order valence-corrected chi connectivity index (χ3v) is 4.11. The lowest BCUT2D eigenvalue weighted by molar-refractivity contribution is 0.150. The normalized spacial score (nSPS) is 12.2. The molecule has 0 aliphatic carbocycles. The second-order valence-electron chi connectivity index (χ2n) is 4.99. The molecule has 22 heavy (non-hydrogen) atoms. The van der Waals surface area contributed by atoms with E-state index in [2.05, 4.69) is 22.4 Å². The number of rotatable bonds is 7. The van der Waals surface area contributed by atoms with Gasteiger partial charge in [-0.25, -0.2) is 4.98 Å². The predicted octanol–water partition coefficient (Wildman–Crippen LogP) is 3.54. The third kappa shape index (κ3) is 3.75. The van der Waals surface area contributed by atoms with Crippen molar-refractivity contribution in [3.8, 4) is 5.75 Å². The van der Waals surface area contributed by atoms with Gasteiger partial charge in [0.15, 0.2) is 5.13 Å². The Hall–Kier alpha value is -2.11. The van der Waals surface area contributed by atoms with Crippen molar-refractivity contribution < 1.29 is 9.84 Å². The number of hydrogen-bond acceptors (Lipinski definition) is 5. The zero-order valence-corrected chi connectivity index (χ0v) is 12.9. The number of nitrogens with zero attached hydrogens (tertiary/aromatic N) is 1. The van der Waals surface area contributed by atoms with Gasteiger partial charge in [-0.2, -0.15) is 0 Å². The third-order valence-electron chi connectivity index (χ3n) is 3.38. The molecule has 0 saturated carbocycles. The topological polar surface area (TPSA) is 54.4 Å². The summed E-state index contributed by atoms with van der Waals surface area (Å²) >= 11 is 1.52. The van der Waals surface area contributed by atoms with Crippen LogP contribution in [0.2, 0.25) is 0 Å². The van der Waals surface area contributed by atoms with Crippen LogP contribution in [-0.2, 0) is 0 Å². The number of thiazole rings is 1. The number of aromatic nitrogens is 1. The number of hydrogen-bond donors (Lipinski definition) is 2. The van der Waals surface area contributed by atoms with Gasteiger partial charge in [-0.1, -0.05) is 36.4 Å². The molecule has 0 fully saturated rings. The maximum Gasteiger partial charge on any atom is 0.182 e. The van der Waals surface area contributed by atoms with Crippen LogP contribution in [0.25, 0.3) is 10.8 Å². The van der Waals surface area contributed by atoms with Gasteiger partial charge in [-0.3, -0.25) is 0 Å². The molecule has 0 radical (unpaired) electrons. The van der Waals surface area contributed by atoms with Crippen molar-refractivity contribution in [3.63, 3.8) is 0 Å². The Bertz CT molecular complexity index is 710. The number of ether oxygens (including phenoxy) is 1. The van der Waals surface area contributed by atoms with Gasteiger partial charge in [0.25, 0.3) is 0 Å². The second-order valence-corrected chi connectivity index (χ2v) is 5.88. The van der Waals surface area contributed by atoms with Crippen LogP contribution >= 0.6 is 11.3 Å². The van der Waals surface area contributed by atoms with Crippen LogP contribution in [0.15, 0.2) is 54.0 Å². The van der Waals surface area contributed by atoms with E-state index in [1.54, 1.807) is 6.20 Å². The van der Waals surface area contributed by atoms with Crippen molar-refractivity contribution >= 4 is 27.2 Å². The minimum atomic E-state index is -0.459. The summed E-state index contributed by atoms with van der Waals surface area (Å²) < 4.78 is 5.83. The SMILES string of the molecule is OC(CCOc1cccc2ccccc12)CNc1nccs1. The minimum Gasteiger partial charge on any atom is -0.493 e. The van der Waals surface area contributed by atoms with Crippen LogP contribution in [0.4, 0.5) is 5.13 Å². The monoisotopic (exact) mass is 314 g/mol. The molecule has 3 aromatic rings. The predicted molar refractivity (Wildman–Crippen MR) is 90.7 cm³/mol. The Morgan fingerprint density at radius 1 is 1.18 bits per heavy atom. The molecule has 0 saturated heterocycles. The standard InChI is InChI=1S/C17H18N2O2S/c20-14(12-19-17-18-9-11-22-17)8-10-21-16-7-3-5-13-4-1-2-6-15(13)16/h1-7,9,11,14,20H,8,10,12H2,(H,18,19). The Balaban J connectivity index is 1.49. The molecule has 1 atom stereocenters. The van der Waals surface area contributed by atoms with Gasteiger partial charge in [-0.15, -0.1) is 11.3 Å². The minimum absolute atomic E-state index is 0.459. The average Bonchev–Trinajstić information content (AvgIpc) is 3.07. The smallest absolute Gasteiger partial charge is 0.182 e. The number of aliphatic hydroxyl groups is 1. The highest BCUT2D eigenvalue weighted by molar-refractivity contribution is 7.13. The van der Waals surface area contributed by atoms with E-state index in [4.69, 9.17) is 4.74 Å². The highest BCUT2D eigenvalue weighted by Gasteiger charge is 2.06. The van der Waals surface area contributed by atoms with E-state index < -0.39 is 6.10 Å². The maximum atomic E-state index is 9.97. The first kappa shape index (κ1) is 14.8. The van der Waals surface area contributed by atoms with Crippen molar-refractivity contribution in [3.05, 3.63) is 54.0 Å². The molecule has 2 aromatic carbocycles. The molecule has 0 bridgehead atoms. The van der Waals surface area contributed by atoms with E-state index >= 15 is 0 Å². The first-order valence-corrected chi connectivity index (χ1v) is 8.13. The molecular weight excluding hydrogens is 296 g/mol. The number of nitrogens with one attached hydrogen (secondary N) is 1. The number of aliphatic hydroxyl groups excluding tert-OH is 1. The van der Waals surface area contributed by atoms with Crippen LogP contribution in [0.1, 0.15) is 6.42 Å². The molecule has 114 valence electrons. The van der Waals surface area contributed by atoms with E-state index in [-0.39, 0.29) is 0 Å². The first-order chi connectivity index (χ1) is 10.8. The van der Waals surface area contributed by atoms with Gasteiger partial charge in [-0.05, 0) is 11.5 Å². The zero-order valence-electron chi connectivity index (χ0n) is 12.1. The molecule has 0 spiro atoms. The first-order valence-electron chi connectivity index (χ1n) is 7.25. The fraction of sp³-hybridized carbons (Fsp3) is 0.235. The summed E-state index contributed by atoms with van der Waals surface area (Å²) in [4.78, 5) is 4.12. The van der Waals surface area contributed by atoms with Crippen LogP contribution < -0.4 is 10.1 Å². The molecule has 1 heterocycles. The fourth-order valence-electron chi connectivity index (χ4n) is 2.24. The van der Waals surface area contributed by atoms with Crippen molar-refractivity contribution in [1.82, 2.24) is 4.98 Å². The van der Waals surface area contributed by atoms with Gasteiger partial charge < -0.3 is 15.2 Å². The molecule has 0 aliphatic heterocycles. The Kier molecular flexibility index (Phi) is 4.88. The largest absolute Gasteiger partial charge is 0.493 e. The Morgan fingerprint density at radius 2 is 2.05 bits per heavy atom. The maximum absolute atomic E-state index is 9.97. The number of anilines is 1. The highest BCUT2D eigenvalue weighted by atomic mass is 32.1. The van der Waals surface area contributed by atoms with E-state index in [0.29, 0.717) is 19.6 Å². The van der Waals surface area contributed by atoms with Gasteiger partial charge in [0.1, 0.15) is 5.75 Å². The molecule has 2 N–H and O–H groups in total. The van der Waals surface area contributed by atoms with E-state index in [0.717, 1.165) is 21.7 Å². The van der Waals surface area contributed by atoms with Gasteiger partial charge in [0.05, 0.1) is 12.7 Å². The summed E-state index contributed by atoms with van der Waals surface area (Å²) in [7, 11) is 0. The summed E-state index contributed by atoms with van der Waals surface area (Å²) in [6.45, 7) is 0.959. The van der Waals surface area contributed by atoms with Crippen LogP contribution in [0.5, 0.6) is 5.75 Å².